The molecule has 1 aromatic heterocycles. The second-order valence-electron chi connectivity index (χ2n) is 8.10. The number of benzene rings is 3. The SMILES string of the molecule is Nc1ccccc1NC(=O)C=Cc1ccc(C(Nc2cccnc2)C(=O)NCc2ccccc2)cc1. The summed E-state index contributed by atoms with van der Waals surface area (Å²) in [6, 6.07) is 27.3. The number of hydrogen-bond acceptors (Lipinski definition) is 5. The summed E-state index contributed by atoms with van der Waals surface area (Å²) in [7, 11) is 0. The van der Waals surface area contributed by atoms with Gasteiger partial charge in [0.2, 0.25) is 11.8 Å². The van der Waals surface area contributed by atoms with Gasteiger partial charge in [-0.15, -0.1) is 0 Å². The molecule has 0 bridgehead atoms. The summed E-state index contributed by atoms with van der Waals surface area (Å²) in [5, 5.41) is 9.03. The lowest BCUT2D eigenvalue weighted by molar-refractivity contribution is -0.122. The number of hydrogen-bond donors (Lipinski definition) is 4. The maximum Gasteiger partial charge on any atom is 0.248 e. The van der Waals surface area contributed by atoms with E-state index in [1.807, 2.05) is 66.7 Å². The van der Waals surface area contributed by atoms with Crippen molar-refractivity contribution in [3.8, 4) is 0 Å². The molecule has 3 aromatic carbocycles. The number of aromatic nitrogens is 1. The summed E-state index contributed by atoms with van der Waals surface area (Å²) in [5.74, 6) is -0.445. The molecule has 2 amide bonds. The number of pyridine rings is 1. The van der Waals surface area contributed by atoms with Gasteiger partial charge in [-0.1, -0.05) is 66.7 Å². The quantitative estimate of drug-likeness (QED) is 0.205. The standard InChI is InChI=1S/C29H27N5O2/c30-25-10-4-5-11-26(25)34-27(35)17-14-21-12-15-23(16-13-21)28(33-24-9-6-18-31-20-24)29(36)32-19-22-7-2-1-3-8-22/h1-18,20,28,33H,19,30H2,(H,32,36)(H,34,35). The third-order valence-electron chi connectivity index (χ3n) is 5.46. The van der Waals surface area contributed by atoms with Gasteiger partial charge in [-0.25, -0.2) is 0 Å². The Morgan fingerprint density at radius 2 is 1.64 bits per heavy atom. The molecule has 0 saturated heterocycles. The Kier molecular flexibility index (Phi) is 8.07. The van der Waals surface area contributed by atoms with Crippen molar-refractivity contribution in [3.63, 3.8) is 0 Å². The highest BCUT2D eigenvalue weighted by Gasteiger charge is 2.20. The molecule has 1 heterocycles. The minimum absolute atomic E-state index is 0.161. The van der Waals surface area contributed by atoms with Crippen molar-refractivity contribution in [2.24, 2.45) is 0 Å². The second kappa shape index (κ2) is 12.0. The Hall–Kier alpha value is -4.91. The molecule has 1 unspecified atom stereocenters. The van der Waals surface area contributed by atoms with Gasteiger partial charge in [0.25, 0.3) is 0 Å². The van der Waals surface area contributed by atoms with Crippen molar-refractivity contribution in [3.05, 3.63) is 126 Å². The van der Waals surface area contributed by atoms with Gasteiger partial charge in [0.05, 0.1) is 17.1 Å². The summed E-state index contributed by atoms with van der Waals surface area (Å²) >= 11 is 0. The van der Waals surface area contributed by atoms with Crippen LogP contribution in [0.2, 0.25) is 0 Å². The highest BCUT2D eigenvalue weighted by atomic mass is 16.2. The number of carbonyl (C=O) groups is 2. The average molecular weight is 478 g/mol. The molecule has 36 heavy (non-hydrogen) atoms. The van der Waals surface area contributed by atoms with Crippen molar-refractivity contribution < 1.29 is 9.59 Å². The van der Waals surface area contributed by atoms with Crippen molar-refractivity contribution >= 4 is 35.0 Å². The minimum atomic E-state index is -0.625. The predicted octanol–water partition coefficient (Wildman–Crippen LogP) is 4.79. The first-order valence-electron chi connectivity index (χ1n) is 11.5. The van der Waals surface area contributed by atoms with E-state index in [2.05, 4.69) is 20.9 Å². The van der Waals surface area contributed by atoms with Crippen LogP contribution in [0, 0.1) is 0 Å². The maximum absolute atomic E-state index is 13.2. The number of nitrogen functional groups attached to an aromatic ring is 1. The van der Waals surface area contributed by atoms with E-state index in [1.54, 1.807) is 42.7 Å². The molecule has 0 aliphatic heterocycles. The van der Waals surface area contributed by atoms with E-state index in [4.69, 9.17) is 5.73 Å². The van der Waals surface area contributed by atoms with Crippen molar-refractivity contribution in [1.82, 2.24) is 10.3 Å². The lowest BCUT2D eigenvalue weighted by Gasteiger charge is -2.20. The van der Waals surface area contributed by atoms with Gasteiger partial charge in [0.15, 0.2) is 0 Å². The van der Waals surface area contributed by atoms with Crippen molar-refractivity contribution in [2.45, 2.75) is 12.6 Å². The molecule has 0 aliphatic carbocycles. The Morgan fingerprint density at radius 1 is 0.889 bits per heavy atom. The second-order valence-corrected chi connectivity index (χ2v) is 8.10. The highest BCUT2D eigenvalue weighted by molar-refractivity contribution is 6.03. The van der Waals surface area contributed by atoms with Gasteiger partial charge in [-0.05, 0) is 47.0 Å². The Labute approximate surface area is 210 Å². The number of carbonyl (C=O) groups excluding carboxylic acids is 2. The van der Waals surface area contributed by atoms with Crippen LogP contribution >= 0.6 is 0 Å². The number of rotatable bonds is 9. The summed E-state index contributed by atoms with van der Waals surface area (Å²) in [6.45, 7) is 0.423. The fourth-order valence-corrected chi connectivity index (χ4v) is 3.56. The number of nitrogens with two attached hydrogens (primary N) is 1. The number of nitrogens with one attached hydrogen (secondary N) is 3. The van der Waals surface area contributed by atoms with Gasteiger partial charge in [0.1, 0.15) is 6.04 Å². The monoisotopic (exact) mass is 477 g/mol. The number of amides is 2. The first-order chi connectivity index (χ1) is 17.6. The molecule has 0 aliphatic rings. The molecular weight excluding hydrogens is 450 g/mol. The molecule has 0 radical (unpaired) electrons. The van der Waals surface area contributed by atoms with Crippen molar-refractivity contribution in [2.75, 3.05) is 16.4 Å². The van der Waals surface area contributed by atoms with Crippen molar-refractivity contribution in [1.29, 1.82) is 0 Å². The molecule has 0 saturated carbocycles. The Morgan fingerprint density at radius 3 is 2.36 bits per heavy atom. The first-order valence-corrected chi connectivity index (χ1v) is 11.5. The summed E-state index contributed by atoms with van der Waals surface area (Å²) < 4.78 is 0. The molecule has 0 fully saturated rings. The van der Waals surface area contributed by atoms with Crippen LogP contribution in [0.3, 0.4) is 0 Å². The van der Waals surface area contributed by atoms with Crippen LogP contribution in [0.5, 0.6) is 0 Å². The van der Waals surface area contributed by atoms with E-state index in [1.165, 1.54) is 6.08 Å². The zero-order valence-corrected chi connectivity index (χ0v) is 19.6. The Balaban J connectivity index is 1.45. The van der Waals surface area contributed by atoms with E-state index in [-0.39, 0.29) is 11.8 Å². The minimum Gasteiger partial charge on any atom is -0.397 e. The van der Waals surface area contributed by atoms with Crippen LogP contribution in [0.15, 0.2) is 109 Å². The zero-order chi connectivity index (χ0) is 25.2. The van der Waals surface area contributed by atoms with E-state index in [9.17, 15) is 9.59 Å². The first kappa shape index (κ1) is 24.2. The topological polar surface area (TPSA) is 109 Å². The third-order valence-corrected chi connectivity index (χ3v) is 5.46. The van der Waals surface area contributed by atoms with Crippen LogP contribution < -0.4 is 21.7 Å². The van der Waals surface area contributed by atoms with Crippen LogP contribution in [-0.2, 0) is 16.1 Å². The van der Waals surface area contributed by atoms with E-state index >= 15 is 0 Å². The summed E-state index contributed by atoms with van der Waals surface area (Å²) in [4.78, 5) is 29.5. The largest absolute Gasteiger partial charge is 0.397 e. The Bertz CT molecular complexity index is 1320. The normalized spacial score (nSPS) is 11.6. The third kappa shape index (κ3) is 6.80. The molecule has 180 valence electrons. The number of nitrogens with zero attached hydrogens (tertiary/aromatic N) is 1. The van der Waals surface area contributed by atoms with Gasteiger partial charge >= 0.3 is 0 Å². The summed E-state index contributed by atoms with van der Waals surface area (Å²) in [5.41, 5.74) is 10.3. The highest BCUT2D eigenvalue weighted by Crippen LogP contribution is 2.21. The van der Waals surface area contributed by atoms with Gasteiger partial charge in [0, 0.05) is 25.0 Å². The van der Waals surface area contributed by atoms with Crippen LogP contribution in [-0.4, -0.2) is 16.8 Å². The van der Waals surface area contributed by atoms with E-state index in [0.29, 0.717) is 17.9 Å². The fraction of sp³-hybridized carbons (Fsp3) is 0.0690. The van der Waals surface area contributed by atoms with Crippen LogP contribution in [0.25, 0.3) is 6.08 Å². The van der Waals surface area contributed by atoms with E-state index in [0.717, 1.165) is 22.4 Å². The average Bonchev–Trinajstić information content (AvgIpc) is 2.92. The molecule has 4 aromatic rings. The fourth-order valence-electron chi connectivity index (χ4n) is 3.56. The van der Waals surface area contributed by atoms with Crippen LogP contribution in [0.4, 0.5) is 17.1 Å². The smallest absolute Gasteiger partial charge is 0.248 e. The summed E-state index contributed by atoms with van der Waals surface area (Å²) in [6.07, 6.45) is 6.50. The van der Waals surface area contributed by atoms with Gasteiger partial charge in [-0.3, -0.25) is 14.6 Å². The molecule has 0 spiro atoms. The van der Waals surface area contributed by atoms with E-state index < -0.39 is 6.04 Å². The predicted molar refractivity (Wildman–Crippen MR) is 144 cm³/mol. The molecular formula is C29H27N5O2. The molecule has 7 nitrogen and oxygen atoms in total. The zero-order valence-electron chi connectivity index (χ0n) is 19.6. The molecule has 5 N–H and O–H groups in total. The molecule has 4 rings (SSSR count). The molecule has 7 heteroatoms. The molecule has 1 atom stereocenters. The number of anilines is 3. The lowest BCUT2D eigenvalue weighted by atomic mass is 10.0. The lowest BCUT2D eigenvalue weighted by Crippen LogP contribution is -2.33. The maximum atomic E-state index is 13.2. The van der Waals surface area contributed by atoms with Gasteiger partial charge in [-0.2, -0.15) is 0 Å². The van der Waals surface area contributed by atoms with Gasteiger partial charge < -0.3 is 21.7 Å². The van der Waals surface area contributed by atoms with Crippen LogP contribution in [0.1, 0.15) is 22.7 Å². The number of para-hydroxylation sites is 2.